The van der Waals surface area contributed by atoms with Crippen LogP contribution in [0.5, 0.6) is 0 Å². The second-order valence-corrected chi connectivity index (χ2v) is 14.8. The summed E-state index contributed by atoms with van der Waals surface area (Å²) in [6.45, 7) is 18.8. The molecule has 1 radical (unpaired) electrons. The molecule has 49 heavy (non-hydrogen) atoms. The molecule has 0 amide bonds. The Morgan fingerprint density at radius 3 is 2.18 bits per heavy atom. The predicted octanol–water partition coefficient (Wildman–Crippen LogP) is 11.6. The van der Waals surface area contributed by atoms with Gasteiger partial charge in [-0.1, -0.05) is 97.5 Å². The predicted molar refractivity (Wildman–Crippen MR) is 198 cm³/mol. The van der Waals surface area contributed by atoms with Gasteiger partial charge in [-0.15, -0.1) is 29.1 Å². The average Bonchev–Trinajstić information content (AvgIpc) is 3.49. The van der Waals surface area contributed by atoms with Gasteiger partial charge in [0, 0.05) is 83.7 Å². The fourth-order valence-corrected chi connectivity index (χ4v) is 6.49. The molecule has 261 valence electrons. The second-order valence-electron chi connectivity index (χ2n) is 14.8. The van der Waals surface area contributed by atoms with Crippen LogP contribution in [0.2, 0.25) is 0 Å². The molecule has 0 bridgehead atoms. The van der Waals surface area contributed by atoms with Crippen molar-refractivity contribution in [1.82, 2.24) is 9.97 Å². The molecule has 6 heteroatoms. The molecule has 1 aliphatic carbocycles. The van der Waals surface area contributed by atoms with Gasteiger partial charge in [-0.3, -0.25) is 14.8 Å². The number of aromatic nitrogens is 2. The molecule has 0 saturated heterocycles. The summed E-state index contributed by atoms with van der Waals surface area (Å²) in [5, 5.41) is 13.6. The first kappa shape index (κ1) is 38.2. The number of pyridine rings is 2. The summed E-state index contributed by atoms with van der Waals surface area (Å²) < 4.78 is 6.46. The molecule has 1 N–H and O–H groups in total. The number of furan rings is 1. The summed E-state index contributed by atoms with van der Waals surface area (Å²) in [6, 6.07) is 20.5. The molecular formula is C43H51IrN2O3-. The number of hydrogen-bond donors (Lipinski definition) is 1. The van der Waals surface area contributed by atoms with Crippen molar-refractivity contribution >= 4 is 27.5 Å². The van der Waals surface area contributed by atoms with Crippen LogP contribution in [0, 0.1) is 16.9 Å². The maximum Gasteiger partial charge on any atom is 0.164 e. The first-order chi connectivity index (χ1) is 22.8. The van der Waals surface area contributed by atoms with Crippen LogP contribution in [-0.2, 0) is 43.2 Å². The minimum absolute atomic E-state index is 0. The molecule has 1 aliphatic rings. The first-order valence-electron chi connectivity index (χ1n) is 17.6. The van der Waals surface area contributed by atoms with E-state index in [1.54, 1.807) is 0 Å². The van der Waals surface area contributed by atoms with Gasteiger partial charge >= 0.3 is 0 Å². The van der Waals surface area contributed by atoms with E-state index >= 15 is 0 Å². The summed E-state index contributed by atoms with van der Waals surface area (Å²) in [7, 11) is 0. The average molecular weight is 836 g/mol. The zero-order valence-electron chi connectivity index (χ0n) is 30.6. The number of hydrogen-bond acceptors (Lipinski definition) is 5. The van der Waals surface area contributed by atoms with E-state index in [4.69, 9.17) is 9.40 Å². The van der Waals surface area contributed by atoms with Crippen LogP contribution >= 0.6 is 0 Å². The van der Waals surface area contributed by atoms with Crippen molar-refractivity contribution in [2.45, 2.75) is 106 Å². The molecule has 3 heterocycles. The van der Waals surface area contributed by atoms with Crippen molar-refractivity contribution in [3.8, 4) is 22.4 Å². The number of aryl methyl sites for hydroxylation is 2. The van der Waals surface area contributed by atoms with Gasteiger partial charge in [-0.25, -0.2) is 0 Å². The van der Waals surface area contributed by atoms with Gasteiger partial charge in [-0.05, 0) is 49.7 Å². The maximum atomic E-state index is 12.2. The fraction of sp³-hybridized carbons (Fsp3) is 0.419. The monoisotopic (exact) mass is 836 g/mol. The zero-order chi connectivity index (χ0) is 34.9. The number of allylic oxidation sites excluding steroid dienone is 2. The third-order valence-corrected chi connectivity index (χ3v) is 10.9. The maximum absolute atomic E-state index is 12.2. The summed E-state index contributed by atoms with van der Waals surface area (Å²) in [4.78, 5) is 21.5. The molecule has 0 spiro atoms. The number of nitrogens with zero attached hydrogens (tertiary/aromatic N) is 2. The van der Waals surface area contributed by atoms with E-state index in [2.05, 4.69) is 74.3 Å². The fourth-order valence-electron chi connectivity index (χ4n) is 6.49. The van der Waals surface area contributed by atoms with Crippen molar-refractivity contribution in [3.63, 3.8) is 0 Å². The van der Waals surface area contributed by atoms with Gasteiger partial charge in [0.25, 0.3) is 0 Å². The standard InChI is InChI=1S/C28H23N2O.C15H28O2.Ir/c1-28(2,3)22-16-18(15-17-7-4-5-8-19(17)22)26-27-21(12-14-30-26)25-20-9-6-13-29-23(20)10-11-24(25)31-27;1-7-14(5,8-2)12(16)11-13(17)15(6,9-3)10-4;/h4-9,12-14,16H,10-11H2,1-3H3;11,16H,7-10H2,1-6H3;/q-1;;/b;12-11-;. The zero-order valence-corrected chi connectivity index (χ0v) is 33.0. The van der Waals surface area contributed by atoms with Crippen molar-refractivity contribution in [2.24, 2.45) is 10.8 Å². The van der Waals surface area contributed by atoms with Crippen LogP contribution in [0.3, 0.4) is 0 Å². The second kappa shape index (κ2) is 15.1. The Morgan fingerprint density at radius 2 is 1.53 bits per heavy atom. The molecule has 0 atom stereocenters. The van der Waals surface area contributed by atoms with Crippen LogP contribution in [-0.4, -0.2) is 20.9 Å². The van der Waals surface area contributed by atoms with Gasteiger partial charge in [0.15, 0.2) is 5.78 Å². The number of rotatable bonds is 8. The van der Waals surface area contributed by atoms with E-state index < -0.39 is 0 Å². The van der Waals surface area contributed by atoms with E-state index in [0.717, 1.165) is 77.6 Å². The summed E-state index contributed by atoms with van der Waals surface area (Å²) in [5.74, 6) is 1.32. The Morgan fingerprint density at radius 1 is 0.857 bits per heavy atom. The molecule has 0 saturated carbocycles. The minimum atomic E-state index is -0.337. The number of benzene rings is 2. The minimum Gasteiger partial charge on any atom is -0.512 e. The number of carbonyl (C=O) groups excluding carboxylic acids is 1. The Hall–Kier alpha value is -3.60. The van der Waals surface area contributed by atoms with Gasteiger partial charge in [0.05, 0.1) is 0 Å². The van der Waals surface area contributed by atoms with Crippen LogP contribution in [0.4, 0.5) is 0 Å². The van der Waals surface area contributed by atoms with Crippen LogP contribution in [0.25, 0.3) is 44.1 Å². The van der Waals surface area contributed by atoms with Gasteiger partial charge in [0.1, 0.15) is 17.1 Å². The van der Waals surface area contributed by atoms with Crippen molar-refractivity contribution in [1.29, 1.82) is 0 Å². The summed E-state index contributed by atoms with van der Waals surface area (Å²) >= 11 is 0. The smallest absolute Gasteiger partial charge is 0.164 e. The Kier molecular flexibility index (Phi) is 11.8. The number of aliphatic hydroxyl groups excluding tert-OH is 1. The third-order valence-electron chi connectivity index (χ3n) is 10.9. The summed E-state index contributed by atoms with van der Waals surface area (Å²) in [5.41, 5.74) is 6.86. The van der Waals surface area contributed by atoms with Crippen molar-refractivity contribution < 1.29 is 34.4 Å². The normalized spacial score (nSPS) is 13.3. The summed E-state index contributed by atoms with van der Waals surface area (Å²) in [6.07, 6.45) is 10.3. The molecule has 6 rings (SSSR count). The number of ketones is 1. The topological polar surface area (TPSA) is 76.2 Å². The van der Waals surface area contributed by atoms with E-state index in [1.165, 1.54) is 28.2 Å². The van der Waals surface area contributed by atoms with Gasteiger partial charge in [-0.2, -0.15) is 0 Å². The number of fused-ring (bicyclic) bond motifs is 6. The Bertz CT molecular complexity index is 1970. The van der Waals surface area contributed by atoms with E-state index in [0.29, 0.717) is 0 Å². The van der Waals surface area contributed by atoms with Crippen molar-refractivity contribution in [3.05, 3.63) is 95.8 Å². The van der Waals surface area contributed by atoms with Crippen LogP contribution in [0.15, 0.2) is 77.2 Å². The third kappa shape index (κ3) is 7.47. The molecule has 0 aliphatic heterocycles. The number of carbonyl (C=O) groups is 1. The van der Waals surface area contributed by atoms with Gasteiger partial charge in [0.2, 0.25) is 0 Å². The van der Waals surface area contributed by atoms with Crippen LogP contribution < -0.4 is 0 Å². The largest absolute Gasteiger partial charge is 0.512 e. The van der Waals surface area contributed by atoms with Gasteiger partial charge < -0.3 is 9.52 Å². The van der Waals surface area contributed by atoms with Crippen LogP contribution in [0.1, 0.15) is 105 Å². The quantitative estimate of drug-likeness (QED) is 0.0957. The molecule has 0 fully saturated rings. The molecule has 5 nitrogen and oxygen atoms in total. The van der Waals surface area contributed by atoms with E-state index in [-0.39, 0.29) is 47.9 Å². The Labute approximate surface area is 306 Å². The van der Waals surface area contributed by atoms with Crippen molar-refractivity contribution in [2.75, 3.05) is 0 Å². The Balaban J connectivity index is 0.000000260. The molecular weight excluding hydrogens is 785 g/mol. The first-order valence-corrected chi connectivity index (χ1v) is 17.6. The van der Waals surface area contributed by atoms with E-state index in [9.17, 15) is 9.90 Å². The number of aliphatic hydroxyl groups is 1. The molecule has 5 aromatic rings. The molecule has 3 aromatic heterocycles. The molecule has 2 aromatic carbocycles. The molecule has 0 unspecified atom stereocenters. The van der Waals surface area contributed by atoms with E-state index in [1.807, 2.05) is 60.0 Å². The SMILES string of the molecule is CC(C)(C)c1cc(-c2nccc3c4c(oc23)CCc2ncccc2-4)[c-]c2ccccc12.CCC(C)(CC)C(=O)/C=C(\O)C(C)(CC)CC.[Ir].